The zero-order chi connectivity index (χ0) is 29.0. The van der Waals surface area contributed by atoms with Crippen molar-refractivity contribution >= 4 is 34.1 Å². The Balaban J connectivity index is 1.49. The van der Waals surface area contributed by atoms with E-state index in [1.54, 1.807) is 52.9 Å². The molecule has 4 heterocycles. The maximum absolute atomic E-state index is 13.5. The second kappa shape index (κ2) is 9.83. The molecule has 1 N–H and O–H groups in total. The third-order valence-electron chi connectivity index (χ3n) is 7.33. The summed E-state index contributed by atoms with van der Waals surface area (Å²) >= 11 is 0. The summed E-state index contributed by atoms with van der Waals surface area (Å²) in [6.07, 6.45) is -2.69. The van der Waals surface area contributed by atoms with Crippen molar-refractivity contribution in [2.24, 2.45) is 7.05 Å². The number of hydrogen-bond donors (Lipinski definition) is 1. The standard InChI is InChI=1S/C28H31F3N6O3/c1-27(2,3)37(26(39)40)19-8-6-12-35(15-19)25(38)18-9-10-21-20(13-18)33-24(34(21)4)22-14-17-7-5-11-32-23(17)36(22)16-28(29,30)31/h5,7,9-11,13-14,19H,6,8,12,15-16H2,1-4H3,(H,39,40)/t19-/m1/s1. The number of aryl methyl sites for hydroxylation is 1. The number of rotatable bonds is 4. The van der Waals surface area contributed by atoms with Gasteiger partial charge in [-0.15, -0.1) is 0 Å². The van der Waals surface area contributed by atoms with Crippen molar-refractivity contribution in [2.75, 3.05) is 13.1 Å². The SMILES string of the molecule is Cn1c(-c2cc3cccnc3n2CC(F)(F)F)nc2cc(C(=O)N3CCC[C@@H](N(C(=O)O)C(C)(C)C)C3)ccc21. The van der Waals surface area contributed by atoms with Crippen LogP contribution in [0.5, 0.6) is 0 Å². The second-order valence-electron chi connectivity index (χ2n) is 11.2. The molecule has 5 rings (SSSR count). The van der Waals surface area contributed by atoms with Gasteiger partial charge in [-0.3, -0.25) is 9.69 Å². The van der Waals surface area contributed by atoms with Crippen molar-refractivity contribution in [3.8, 4) is 11.5 Å². The largest absolute Gasteiger partial charge is 0.465 e. The zero-order valence-electron chi connectivity index (χ0n) is 22.7. The van der Waals surface area contributed by atoms with Gasteiger partial charge in [0.25, 0.3) is 5.91 Å². The minimum Gasteiger partial charge on any atom is -0.465 e. The molecule has 2 amide bonds. The number of nitrogens with zero attached hydrogens (tertiary/aromatic N) is 6. The van der Waals surface area contributed by atoms with Crippen molar-refractivity contribution < 1.29 is 27.9 Å². The van der Waals surface area contributed by atoms with Gasteiger partial charge in [0, 0.05) is 42.8 Å². The third kappa shape index (κ3) is 5.09. The van der Waals surface area contributed by atoms with Crippen LogP contribution in [-0.2, 0) is 13.6 Å². The number of benzene rings is 1. The van der Waals surface area contributed by atoms with Gasteiger partial charge in [-0.2, -0.15) is 13.2 Å². The second-order valence-corrected chi connectivity index (χ2v) is 11.2. The number of carbonyl (C=O) groups is 2. The minimum absolute atomic E-state index is 0.211. The molecule has 0 saturated carbocycles. The monoisotopic (exact) mass is 556 g/mol. The Hall–Kier alpha value is -4.09. The maximum atomic E-state index is 13.5. The van der Waals surface area contributed by atoms with Gasteiger partial charge in [0.05, 0.1) is 22.8 Å². The highest BCUT2D eigenvalue weighted by molar-refractivity contribution is 5.98. The van der Waals surface area contributed by atoms with E-state index in [1.165, 1.54) is 11.1 Å². The van der Waals surface area contributed by atoms with Crippen molar-refractivity contribution in [1.29, 1.82) is 0 Å². The molecule has 4 aromatic rings. The normalized spacial score (nSPS) is 16.6. The summed E-state index contributed by atoms with van der Waals surface area (Å²) < 4.78 is 43.3. The highest BCUT2D eigenvalue weighted by Gasteiger charge is 2.37. The molecule has 0 unspecified atom stereocenters. The minimum atomic E-state index is -4.46. The first-order valence-corrected chi connectivity index (χ1v) is 13.0. The Morgan fingerprint density at radius 2 is 1.90 bits per heavy atom. The fraction of sp³-hybridized carbons (Fsp3) is 0.429. The van der Waals surface area contributed by atoms with E-state index >= 15 is 0 Å². The lowest BCUT2D eigenvalue weighted by atomic mass is 9.97. The first-order chi connectivity index (χ1) is 18.7. The predicted octanol–water partition coefficient (Wildman–Crippen LogP) is 5.54. The molecule has 1 fully saturated rings. The number of amides is 2. The molecule has 0 bridgehead atoms. The van der Waals surface area contributed by atoms with E-state index in [9.17, 15) is 27.9 Å². The van der Waals surface area contributed by atoms with Crippen LogP contribution in [0.4, 0.5) is 18.0 Å². The highest BCUT2D eigenvalue weighted by atomic mass is 19.4. The molecule has 3 aromatic heterocycles. The van der Waals surface area contributed by atoms with Crippen LogP contribution in [0.3, 0.4) is 0 Å². The fourth-order valence-electron chi connectivity index (χ4n) is 5.70. The average Bonchev–Trinajstić information content (AvgIpc) is 3.38. The third-order valence-corrected chi connectivity index (χ3v) is 7.33. The maximum Gasteiger partial charge on any atom is 0.408 e. The summed E-state index contributed by atoms with van der Waals surface area (Å²) in [7, 11) is 1.72. The van der Waals surface area contributed by atoms with Gasteiger partial charge in [-0.1, -0.05) is 0 Å². The molecule has 0 radical (unpaired) electrons. The number of likely N-dealkylation sites (tertiary alicyclic amines) is 1. The first kappa shape index (κ1) is 27.5. The molecule has 9 nitrogen and oxygen atoms in total. The lowest BCUT2D eigenvalue weighted by Gasteiger charge is -2.44. The van der Waals surface area contributed by atoms with Crippen LogP contribution in [0.15, 0.2) is 42.6 Å². The van der Waals surface area contributed by atoms with Crippen LogP contribution in [0.1, 0.15) is 44.0 Å². The number of carbonyl (C=O) groups excluding carboxylic acids is 1. The quantitative estimate of drug-likeness (QED) is 0.356. The fourth-order valence-corrected chi connectivity index (χ4v) is 5.70. The predicted molar refractivity (Wildman–Crippen MR) is 144 cm³/mol. The summed E-state index contributed by atoms with van der Waals surface area (Å²) in [6, 6.07) is 9.72. The molecule has 12 heteroatoms. The molecule has 1 aliphatic rings. The smallest absolute Gasteiger partial charge is 0.408 e. The number of piperidine rings is 1. The molecule has 1 saturated heterocycles. The Bertz CT molecular complexity index is 1600. The summed E-state index contributed by atoms with van der Waals surface area (Å²) in [5, 5.41) is 10.4. The number of fused-ring (bicyclic) bond motifs is 2. The van der Waals surface area contributed by atoms with Gasteiger partial charge < -0.3 is 19.1 Å². The molecule has 0 aliphatic carbocycles. The highest BCUT2D eigenvalue weighted by Crippen LogP contribution is 2.32. The van der Waals surface area contributed by atoms with E-state index < -0.39 is 24.4 Å². The Morgan fingerprint density at radius 3 is 2.58 bits per heavy atom. The lowest BCUT2D eigenvalue weighted by molar-refractivity contribution is -0.139. The van der Waals surface area contributed by atoms with E-state index in [2.05, 4.69) is 9.97 Å². The van der Waals surface area contributed by atoms with E-state index in [0.29, 0.717) is 47.2 Å². The Labute approximate surface area is 228 Å². The number of aromatic nitrogens is 4. The van der Waals surface area contributed by atoms with E-state index in [-0.39, 0.29) is 29.8 Å². The number of hydrogen-bond acceptors (Lipinski definition) is 4. The van der Waals surface area contributed by atoms with Crippen molar-refractivity contribution in [3.05, 3.63) is 48.2 Å². The summed E-state index contributed by atoms with van der Waals surface area (Å²) in [6.45, 7) is 5.06. The summed E-state index contributed by atoms with van der Waals surface area (Å²) in [5.74, 6) is 0.0793. The van der Waals surface area contributed by atoms with Gasteiger partial charge in [0.1, 0.15) is 12.2 Å². The number of imidazole rings is 1. The van der Waals surface area contributed by atoms with Crippen LogP contribution in [0.25, 0.3) is 33.6 Å². The Morgan fingerprint density at radius 1 is 1.15 bits per heavy atom. The molecular weight excluding hydrogens is 525 g/mol. The molecule has 212 valence electrons. The molecule has 1 atom stereocenters. The molecule has 1 aromatic carbocycles. The van der Waals surface area contributed by atoms with Gasteiger partial charge in [-0.25, -0.2) is 14.8 Å². The number of carboxylic acid groups (broad SMARTS) is 1. The molecule has 1 aliphatic heterocycles. The van der Waals surface area contributed by atoms with Crippen LogP contribution in [0.2, 0.25) is 0 Å². The van der Waals surface area contributed by atoms with E-state index in [1.807, 2.05) is 20.8 Å². The van der Waals surface area contributed by atoms with E-state index in [4.69, 9.17) is 0 Å². The van der Waals surface area contributed by atoms with Crippen LogP contribution in [-0.4, -0.2) is 76.9 Å². The van der Waals surface area contributed by atoms with E-state index in [0.717, 1.165) is 4.57 Å². The number of alkyl halides is 3. The molecule has 40 heavy (non-hydrogen) atoms. The van der Waals surface area contributed by atoms with Gasteiger partial charge in [0.2, 0.25) is 0 Å². The van der Waals surface area contributed by atoms with Crippen LogP contribution in [0, 0.1) is 0 Å². The van der Waals surface area contributed by atoms with Crippen molar-refractivity contribution in [3.63, 3.8) is 0 Å². The Kier molecular flexibility index (Phi) is 6.75. The average molecular weight is 557 g/mol. The first-order valence-electron chi connectivity index (χ1n) is 13.0. The van der Waals surface area contributed by atoms with Crippen molar-refractivity contribution in [1.82, 2.24) is 28.9 Å². The molecular formula is C28H31F3N6O3. The van der Waals surface area contributed by atoms with Gasteiger partial charge in [-0.05, 0) is 70.0 Å². The topological polar surface area (TPSA) is 96.5 Å². The van der Waals surface area contributed by atoms with Gasteiger partial charge in [0.15, 0.2) is 5.82 Å². The van der Waals surface area contributed by atoms with Crippen LogP contribution < -0.4 is 0 Å². The molecule has 0 spiro atoms. The zero-order valence-corrected chi connectivity index (χ0v) is 22.7. The van der Waals surface area contributed by atoms with Crippen molar-refractivity contribution in [2.45, 2.75) is 57.9 Å². The van der Waals surface area contributed by atoms with Crippen LogP contribution >= 0.6 is 0 Å². The lowest BCUT2D eigenvalue weighted by Crippen LogP contribution is -2.57. The number of halogens is 3. The summed E-state index contributed by atoms with van der Waals surface area (Å²) in [4.78, 5) is 37.4. The van der Waals surface area contributed by atoms with Gasteiger partial charge >= 0.3 is 12.3 Å². The summed E-state index contributed by atoms with van der Waals surface area (Å²) in [5.41, 5.74) is 1.37. The number of pyridine rings is 1.